The molecule has 0 bridgehead atoms. The summed E-state index contributed by atoms with van der Waals surface area (Å²) < 4.78 is 0. The second kappa shape index (κ2) is 4.31. The lowest BCUT2D eigenvalue weighted by Gasteiger charge is -2.26. The van der Waals surface area contributed by atoms with Crippen LogP contribution in [0.25, 0.3) is 0 Å². The van der Waals surface area contributed by atoms with Crippen LogP contribution in [0, 0.1) is 0 Å². The molecule has 0 aliphatic heterocycles. The fraction of sp³-hybridized carbons (Fsp3) is 0.615. The van der Waals surface area contributed by atoms with Crippen LogP contribution in [0.1, 0.15) is 43.9 Å². The molecule has 1 aliphatic rings. The number of aryl methyl sites for hydroxylation is 1. The highest BCUT2D eigenvalue weighted by Gasteiger charge is 2.35. The van der Waals surface area contributed by atoms with Gasteiger partial charge in [0.2, 0.25) is 0 Å². The predicted octanol–water partition coefficient (Wildman–Crippen LogP) is 2.41. The van der Waals surface area contributed by atoms with Gasteiger partial charge < -0.3 is 5.73 Å². The maximum Gasteiger partial charge on any atom is 0.0480 e. The molecule has 1 heterocycles. The number of rotatable bonds is 3. The first-order valence-electron chi connectivity index (χ1n) is 5.96. The molecule has 1 saturated carbocycles. The normalized spacial score (nSPS) is 19.3. The lowest BCUT2D eigenvalue weighted by atomic mass is 9.82. The molecule has 15 heavy (non-hydrogen) atoms. The zero-order valence-electron chi connectivity index (χ0n) is 9.50. The summed E-state index contributed by atoms with van der Waals surface area (Å²) in [4.78, 5) is 4.53. The first-order valence-corrected chi connectivity index (χ1v) is 5.96. The third kappa shape index (κ3) is 1.91. The Labute approximate surface area is 91.9 Å². The van der Waals surface area contributed by atoms with Crippen molar-refractivity contribution in [1.29, 1.82) is 0 Å². The average Bonchev–Trinajstić information content (AvgIpc) is 2.79. The van der Waals surface area contributed by atoms with Gasteiger partial charge in [0.05, 0.1) is 0 Å². The molecular formula is C13H20N2. The topological polar surface area (TPSA) is 38.9 Å². The molecule has 0 spiro atoms. The van der Waals surface area contributed by atoms with Gasteiger partial charge in [0.15, 0.2) is 0 Å². The van der Waals surface area contributed by atoms with Crippen LogP contribution >= 0.6 is 0 Å². The fourth-order valence-electron chi connectivity index (χ4n) is 2.60. The number of nitrogens with zero attached hydrogens (tertiary/aromatic N) is 1. The Morgan fingerprint density at radius 1 is 1.40 bits per heavy atom. The molecule has 0 saturated heterocycles. The Morgan fingerprint density at radius 3 is 2.73 bits per heavy atom. The summed E-state index contributed by atoms with van der Waals surface area (Å²) in [5.74, 6) is 0. The highest BCUT2D eigenvalue weighted by atomic mass is 14.7. The van der Waals surface area contributed by atoms with Crippen molar-refractivity contribution >= 4 is 0 Å². The molecular weight excluding hydrogens is 184 g/mol. The highest BCUT2D eigenvalue weighted by molar-refractivity contribution is 5.25. The van der Waals surface area contributed by atoms with Crippen LogP contribution in [0.15, 0.2) is 18.3 Å². The van der Waals surface area contributed by atoms with Crippen molar-refractivity contribution in [2.24, 2.45) is 5.73 Å². The highest BCUT2D eigenvalue weighted by Crippen LogP contribution is 2.39. The minimum absolute atomic E-state index is 0.186. The Kier molecular flexibility index (Phi) is 3.06. The zero-order valence-corrected chi connectivity index (χ0v) is 9.50. The van der Waals surface area contributed by atoms with E-state index in [2.05, 4.69) is 24.0 Å². The molecule has 0 amide bonds. The molecule has 0 aromatic carbocycles. The van der Waals surface area contributed by atoms with Crippen molar-refractivity contribution in [3.63, 3.8) is 0 Å². The Morgan fingerprint density at radius 2 is 2.13 bits per heavy atom. The Hall–Kier alpha value is -0.890. The van der Waals surface area contributed by atoms with Gasteiger partial charge in [0, 0.05) is 23.9 Å². The van der Waals surface area contributed by atoms with Gasteiger partial charge in [0.1, 0.15) is 0 Å². The number of aromatic nitrogens is 1. The minimum atomic E-state index is 0.186. The van der Waals surface area contributed by atoms with Gasteiger partial charge in [-0.2, -0.15) is 0 Å². The number of hydrogen-bond acceptors (Lipinski definition) is 2. The molecule has 1 fully saturated rings. The second-order valence-corrected chi connectivity index (χ2v) is 4.59. The minimum Gasteiger partial charge on any atom is -0.330 e. The van der Waals surface area contributed by atoms with E-state index in [0.717, 1.165) is 13.0 Å². The van der Waals surface area contributed by atoms with E-state index >= 15 is 0 Å². The summed E-state index contributed by atoms with van der Waals surface area (Å²) in [5, 5.41) is 0. The molecule has 1 aromatic rings. The molecule has 0 unspecified atom stereocenters. The van der Waals surface area contributed by atoms with Gasteiger partial charge in [-0.15, -0.1) is 0 Å². The number of hydrogen-bond donors (Lipinski definition) is 1. The van der Waals surface area contributed by atoms with Gasteiger partial charge in [-0.05, 0) is 37.0 Å². The molecule has 2 rings (SSSR count). The summed E-state index contributed by atoms with van der Waals surface area (Å²) in [6.07, 6.45) is 8.04. The summed E-state index contributed by atoms with van der Waals surface area (Å²) in [7, 11) is 0. The lowest BCUT2D eigenvalue weighted by Crippen LogP contribution is -2.33. The first-order chi connectivity index (χ1) is 7.30. The van der Waals surface area contributed by atoms with Crippen molar-refractivity contribution in [3.8, 4) is 0 Å². The maximum atomic E-state index is 5.95. The van der Waals surface area contributed by atoms with E-state index in [1.165, 1.54) is 36.9 Å². The smallest absolute Gasteiger partial charge is 0.0480 e. The number of nitrogens with two attached hydrogens (primary N) is 1. The average molecular weight is 204 g/mol. The van der Waals surface area contributed by atoms with Crippen LogP contribution in [0.5, 0.6) is 0 Å². The van der Waals surface area contributed by atoms with E-state index in [1.54, 1.807) is 0 Å². The lowest BCUT2D eigenvalue weighted by molar-refractivity contribution is 0.439. The molecule has 1 aromatic heterocycles. The summed E-state index contributed by atoms with van der Waals surface area (Å²) in [5.41, 5.74) is 8.74. The van der Waals surface area contributed by atoms with Crippen molar-refractivity contribution in [2.75, 3.05) is 6.54 Å². The van der Waals surface area contributed by atoms with Crippen molar-refractivity contribution in [3.05, 3.63) is 29.6 Å². The van der Waals surface area contributed by atoms with Crippen molar-refractivity contribution in [2.45, 2.75) is 44.4 Å². The van der Waals surface area contributed by atoms with Crippen LogP contribution < -0.4 is 5.73 Å². The van der Waals surface area contributed by atoms with E-state index in [0.29, 0.717) is 0 Å². The quantitative estimate of drug-likeness (QED) is 0.821. The monoisotopic (exact) mass is 204 g/mol. The van der Waals surface area contributed by atoms with Crippen LogP contribution in [-0.4, -0.2) is 11.5 Å². The van der Waals surface area contributed by atoms with Crippen LogP contribution in [0.4, 0.5) is 0 Å². The molecule has 2 nitrogen and oxygen atoms in total. The van der Waals surface area contributed by atoms with E-state index < -0.39 is 0 Å². The van der Waals surface area contributed by atoms with Crippen molar-refractivity contribution in [1.82, 2.24) is 4.98 Å². The molecule has 1 aliphatic carbocycles. The third-order valence-electron chi connectivity index (χ3n) is 3.73. The molecule has 2 N–H and O–H groups in total. The van der Waals surface area contributed by atoms with E-state index in [4.69, 9.17) is 5.73 Å². The summed E-state index contributed by atoms with van der Waals surface area (Å²) >= 11 is 0. The van der Waals surface area contributed by atoms with Gasteiger partial charge in [-0.1, -0.05) is 19.8 Å². The van der Waals surface area contributed by atoms with E-state index in [-0.39, 0.29) is 5.41 Å². The summed E-state index contributed by atoms with van der Waals surface area (Å²) in [6, 6.07) is 4.35. The standard InChI is InChI=1S/C13H20N2/c1-2-11-5-8-15-12(9-11)13(10-14)6-3-4-7-13/h5,8-9H,2-4,6-7,10,14H2,1H3. The Balaban J connectivity index is 2.33. The van der Waals surface area contributed by atoms with Gasteiger partial charge >= 0.3 is 0 Å². The van der Waals surface area contributed by atoms with Gasteiger partial charge in [-0.3, -0.25) is 4.98 Å². The largest absolute Gasteiger partial charge is 0.330 e. The van der Waals surface area contributed by atoms with Crippen LogP contribution in [0.3, 0.4) is 0 Å². The SMILES string of the molecule is CCc1ccnc(C2(CN)CCCC2)c1. The third-order valence-corrected chi connectivity index (χ3v) is 3.73. The van der Waals surface area contributed by atoms with Crippen molar-refractivity contribution < 1.29 is 0 Å². The van der Waals surface area contributed by atoms with E-state index in [1.807, 2.05) is 6.20 Å². The Bertz CT molecular complexity index is 327. The second-order valence-electron chi connectivity index (χ2n) is 4.59. The molecule has 82 valence electrons. The maximum absolute atomic E-state index is 5.95. The van der Waals surface area contributed by atoms with Gasteiger partial charge in [0.25, 0.3) is 0 Å². The predicted molar refractivity (Wildman–Crippen MR) is 62.8 cm³/mol. The van der Waals surface area contributed by atoms with E-state index in [9.17, 15) is 0 Å². The van der Waals surface area contributed by atoms with Crippen LogP contribution in [0.2, 0.25) is 0 Å². The first kappa shape index (κ1) is 10.6. The zero-order chi connectivity index (χ0) is 10.7. The number of pyridine rings is 1. The fourth-order valence-corrected chi connectivity index (χ4v) is 2.60. The molecule has 0 radical (unpaired) electrons. The van der Waals surface area contributed by atoms with Gasteiger partial charge in [-0.25, -0.2) is 0 Å². The molecule has 2 heteroatoms. The summed E-state index contributed by atoms with van der Waals surface area (Å²) in [6.45, 7) is 2.93. The van der Waals surface area contributed by atoms with Crippen LogP contribution in [-0.2, 0) is 11.8 Å². The molecule has 0 atom stereocenters.